The van der Waals surface area contributed by atoms with E-state index in [0.29, 0.717) is 17.8 Å². The van der Waals surface area contributed by atoms with Crippen LogP contribution in [0.3, 0.4) is 0 Å². The number of aromatic amines is 1. The molecule has 6 nitrogen and oxygen atoms in total. The van der Waals surface area contributed by atoms with Gasteiger partial charge in [-0.15, -0.1) is 0 Å². The monoisotopic (exact) mass is 321 g/mol. The molecular formula is C18H15N3O3. The fourth-order valence-corrected chi connectivity index (χ4v) is 2.28. The highest BCUT2D eigenvalue weighted by molar-refractivity contribution is 5.94. The highest BCUT2D eigenvalue weighted by atomic mass is 16.2. The quantitative estimate of drug-likeness (QED) is 0.763. The van der Waals surface area contributed by atoms with Crippen LogP contribution < -0.4 is 16.4 Å². The summed E-state index contributed by atoms with van der Waals surface area (Å²) in [5.74, 6) is -0.257. The molecule has 1 heterocycles. The molecule has 3 aromatic rings. The number of rotatable bonds is 4. The Kier molecular flexibility index (Phi) is 4.38. The maximum atomic E-state index is 12.3. The van der Waals surface area contributed by atoms with E-state index in [1.807, 2.05) is 30.3 Å². The minimum absolute atomic E-state index is 0.257. The fourth-order valence-electron chi connectivity index (χ4n) is 2.28. The molecule has 1 aromatic heterocycles. The summed E-state index contributed by atoms with van der Waals surface area (Å²) in [6.45, 7) is 0.409. The average Bonchev–Trinajstić information content (AvgIpc) is 2.62. The van der Waals surface area contributed by atoms with Gasteiger partial charge >= 0.3 is 0 Å². The molecule has 3 rings (SSSR count). The summed E-state index contributed by atoms with van der Waals surface area (Å²) in [6, 6.07) is 18.4. The van der Waals surface area contributed by atoms with E-state index >= 15 is 0 Å². The van der Waals surface area contributed by atoms with Gasteiger partial charge in [0.1, 0.15) is 0 Å². The average molecular weight is 321 g/mol. The maximum Gasteiger partial charge on any atom is 0.269 e. The third-order valence-corrected chi connectivity index (χ3v) is 3.48. The molecule has 2 aromatic carbocycles. The molecule has 2 N–H and O–H groups in total. The number of nitrogens with one attached hydrogen (secondary N) is 2. The molecule has 0 saturated heterocycles. The first-order chi connectivity index (χ1) is 11.6. The number of nitrogens with zero attached hydrogens (tertiary/aromatic N) is 1. The molecular weight excluding hydrogens is 306 g/mol. The largest absolute Gasteiger partial charge is 0.348 e. The zero-order valence-electron chi connectivity index (χ0n) is 12.7. The minimum Gasteiger partial charge on any atom is -0.348 e. The Hall–Kier alpha value is -3.41. The molecule has 0 aliphatic heterocycles. The lowest BCUT2D eigenvalue weighted by Crippen LogP contribution is -2.27. The number of benzene rings is 2. The van der Waals surface area contributed by atoms with Crippen LogP contribution in [0.2, 0.25) is 0 Å². The van der Waals surface area contributed by atoms with Gasteiger partial charge in [0.25, 0.3) is 17.0 Å². The summed E-state index contributed by atoms with van der Waals surface area (Å²) in [4.78, 5) is 35.5. The molecule has 0 unspecified atom stereocenters. The van der Waals surface area contributed by atoms with E-state index in [2.05, 4.69) is 10.4 Å². The van der Waals surface area contributed by atoms with Gasteiger partial charge in [0.05, 0.1) is 5.69 Å². The van der Waals surface area contributed by atoms with Crippen molar-refractivity contribution in [1.82, 2.24) is 15.1 Å². The van der Waals surface area contributed by atoms with Crippen molar-refractivity contribution < 1.29 is 4.79 Å². The van der Waals surface area contributed by atoms with Crippen LogP contribution in [0.25, 0.3) is 5.69 Å². The SMILES string of the molecule is O=C(NCc1ccccc1)c1cccc(-n2[nH]c(=O)ccc2=O)c1. The van der Waals surface area contributed by atoms with Crippen molar-refractivity contribution in [2.45, 2.75) is 6.54 Å². The van der Waals surface area contributed by atoms with E-state index < -0.39 is 5.56 Å². The Bertz CT molecular complexity index is 974. The lowest BCUT2D eigenvalue weighted by atomic mass is 10.1. The zero-order valence-corrected chi connectivity index (χ0v) is 12.7. The molecule has 0 aliphatic carbocycles. The summed E-state index contributed by atoms with van der Waals surface area (Å²) in [6.07, 6.45) is 0. The molecule has 24 heavy (non-hydrogen) atoms. The molecule has 0 spiro atoms. The number of carbonyl (C=O) groups excluding carboxylic acids is 1. The van der Waals surface area contributed by atoms with E-state index in [1.54, 1.807) is 24.3 Å². The van der Waals surface area contributed by atoms with E-state index in [0.717, 1.165) is 16.3 Å². The van der Waals surface area contributed by atoms with Gasteiger partial charge in [0, 0.05) is 24.2 Å². The van der Waals surface area contributed by atoms with Crippen molar-refractivity contribution in [2.24, 2.45) is 0 Å². The van der Waals surface area contributed by atoms with Crippen LogP contribution in [0.15, 0.2) is 76.3 Å². The summed E-state index contributed by atoms with van der Waals surface area (Å²) >= 11 is 0. The first-order valence-electron chi connectivity index (χ1n) is 7.38. The van der Waals surface area contributed by atoms with Gasteiger partial charge < -0.3 is 5.32 Å². The number of hydrogen-bond donors (Lipinski definition) is 2. The molecule has 120 valence electrons. The van der Waals surface area contributed by atoms with E-state index in [9.17, 15) is 14.4 Å². The second-order valence-corrected chi connectivity index (χ2v) is 5.20. The lowest BCUT2D eigenvalue weighted by Gasteiger charge is -2.08. The second kappa shape index (κ2) is 6.78. The summed E-state index contributed by atoms with van der Waals surface area (Å²) in [5.41, 5.74) is 1.04. The normalized spacial score (nSPS) is 10.3. The van der Waals surface area contributed by atoms with Crippen molar-refractivity contribution >= 4 is 5.91 Å². The Morgan fingerprint density at radius 1 is 0.958 bits per heavy atom. The molecule has 0 saturated carbocycles. The molecule has 0 atom stereocenters. The van der Waals surface area contributed by atoms with E-state index in [-0.39, 0.29) is 11.5 Å². The molecule has 0 bridgehead atoms. The van der Waals surface area contributed by atoms with Gasteiger partial charge in [-0.3, -0.25) is 19.5 Å². The number of aromatic nitrogens is 2. The van der Waals surface area contributed by atoms with Crippen LogP contribution >= 0.6 is 0 Å². The summed E-state index contributed by atoms with van der Waals surface area (Å²) in [7, 11) is 0. The van der Waals surface area contributed by atoms with Crippen molar-refractivity contribution in [3.05, 3.63) is 98.6 Å². The third-order valence-electron chi connectivity index (χ3n) is 3.48. The van der Waals surface area contributed by atoms with Crippen LogP contribution in [-0.4, -0.2) is 15.7 Å². The molecule has 0 radical (unpaired) electrons. The summed E-state index contributed by atoms with van der Waals surface area (Å²) in [5, 5.41) is 5.25. The molecule has 1 amide bonds. The molecule has 6 heteroatoms. The van der Waals surface area contributed by atoms with Gasteiger partial charge in [-0.1, -0.05) is 36.4 Å². The Labute approximate surface area is 137 Å². The summed E-state index contributed by atoms with van der Waals surface area (Å²) < 4.78 is 1.11. The lowest BCUT2D eigenvalue weighted by molar-refractivity contribution is 0.0951. The van der Waals surface area contributed by atoms with Gasteiger partial charge in [-0.05, 0) is 23.8 Å². The fraction of sp³-hybridized carbons (Fsp3) is 0.0556. The van der Waals surface area contributed by atoms with Crippen LogP contribution in [-0.2, 0) is 6.54 Å². The zero-order chi connectivity index (χ0) is 16.9. The van der Waals surface area contributed by atoms with Crippen molar-refractivity contribution in [3.8, 4) is 5.69 Å². The van der Waals surface area contributed by atoms with Gasteiger partial charge in [-0.2, -0.15) is 0 Å². The van der Waals surface area contributed by atoms with Gasteiger partial charge in [-0.25, -0.2) is 4.68 Å². The van der Waals surface area contributed by atoms with Crippen LogP contribution in [0.1, 0.15) is 15.9 Å². The smallest absolute Gasteiger partial charge is 0.269 e. The predicted octanol–water partition coefficient (Wildman–Crippen LogP) is 1.46. The molecule has 0 aliphatic rings. The maximum absolute atomic E-state index is 12.3. The highest BCUT2D eigenvalue weighted by Crippen LogP contribution is 2.08. The van der Waals surface area contributed by atoms with Gasteiger partial charge in [0.15, 0.2) is 0 Å². The van der Waals surface area contributed by atoms with Crippen molar-refractivity contribution in [2.75, 3.05) is 0 Å². The standard InChI is InChI=1S/C18H15N3O3/c22-16-9-10-17(23)21(20-16)15-8-4-7-14(11-15)18(24)19-12-13-5-2-1-3-6-13/h1-11H,12H2,(H,19,24)(H,20,22). The third kappa shape index (κ3) is 3.49. The van der Waals surface area contributed by atoms with Crippen molar-refractivity contribution in [3.63, 3.8) is 0 Å². The number of carbonyl (C=O) groups is 1. The predicted molar refractivity (Wildman–Crippen MR) is 90.3 cm³/mol. The number of H-pyrrole nitrogens is 1. The number of hydrogen-bond acceptors (Lipinski definition) is 3. The van der Waals surface area contributed by atoms with E-state index in [1.165, 1.54) is 6.07 Å². The van der Waals surface area contributed by atoms with Crippen molar-refractivity contribution in [1.29, 1.82) is 0 Å². The van der Waals surface area contributed by atoms with Crippen LogP contribution in [0.4, 0.5) is 0 Å². The Morgan fingerprint density at radius 3 is 2.54 bits per heavy atom. The topological polar surface area (TPSA) is 84.0 Å². The van der Waals surface area contributed by atoms with Gasteiger partial charge in [0.2, 0.25) is 0 Å². The second-order valence-electron chi connectivity index (χ2n) is 5.20. The van der Waals surface area contributed by atoms with Crippen LogP contribution in [0.5, 0.6) is 0 Å². The first-order valence-corrected chi connectivity index (χ1v) is 7.38. The molecule has 0 fully saturated rings. The van der Waals surface area contributed by atoms with E-state index in [4.69, 9.17) is 0 Å². The highest BCUT2D eigenvalue weighted by Gasteiger charge is 2.08. The number of amides is 1. The Balaban J connectivity index is 1.82. The first kappa shape index (κ1) is 15.5. The van der Waals surface area contributed by atoms with Crippen LogP contribution in [0, 0.1) is 0 Å². The Morgan fingerprint density at radius 2 is 1.75 bits per heavy atom. The minimum atomic E-state index is -0.395.